The van der Waals surface area contributed by atoms with Crippen molar-refractivity contribution in [3.05, 3.63) is 65.0 Å². The Morgan fingerprint density at radius 3 is 2.45 bits per heavy atom. The summed E-state index contributed by atoms with van der Waals surface area (Å²) in [4.78, 5) is 22.4. The summed E-state index contributed by atoms with van der Waals surface area (Å²) in [5.74, 6) is -2.22. The van der Waals surface area contributed by atoms with E-state index in [1.807, 2.05) is 30.3 Å². The Balaban J connectivity index is 2.27. The van der Waals surface area contributed by atoms with E-state index in [4.69, 9.17) is 9.84 Å². The average Bonchev–Trinajstić information content (AvgIpc) is 2.44. The number of hydrogen-bond acceptors (Lipinski definition) is 3. The summed E-state index contributed by atoms with van der Waals surface area (Å²) in [7, 11) is 0. The van der Waals surface area contributed by atoms with Crippen molar-refractivity contribution >= 4 is 11.8 Å². The molecule has 0 unspecified atom stereocenters. The van der Waals surface area contributed by atoms with Gasteiger partial charge in [0.25, 0.3) is 0 Å². The molecule has 0 radical (unpaired) electrons. The molecule has 0 spiro atoms. The molecule has 114 valence electrons. The third kappa shape index (κ3) is 3.91. The van der Waals surface area contributed by atoms with Crippen LogP contribution in [0, 0.1) is 5.82 Å². The first-order valence-corrected chi connectivity index (χ1v) is 6.69. The van der Waals surface area contributed by atoms with E-state index in [0.29, 0.717) is 0 Å². The summed E-state index contributed by atoms with van der Waals surface area (Å²) in [6.07, 6.45) is -0.436. The first-order valence-electron chi connectivity index (χ1n) is 6.69. The third-order valence-corrected chi connectivity index (χ3v) is 3.09. The molecule has 0 saturated carbocycles. The second-order valence-electron chi connectivity index (χ2n) is 4.84. The Morgan fingerprint density at radius 2 is 1.86 bits per heavy atom. The summed E-state index contributed by atoms with van der Waals surface area (Å²) < 4.78 is 19.5. The van der Waals surface area contributed by atoms with Crippen LogP contribution in [0.15, 0.2) is 42.5 Å². The van der Waals surface area contributed by atoms with Gasteiger partial charge in [-0.15, -0.1) is 0 Å². The molecule has 2 aromatic rings. The van der Waals surface area contributed by atoms with Crippen molar-refractivity contribution in [3.63, 3.8) is 0 Å². The normalized spacial score (nSPS) is 10.3. The molecule has 0 bridgehead atoms. The van der Waals surface area contributed by atoms with Crippen LogP contribution in [0.4, 0.5) is 4.39 Å². The maximum absolute atomic E-state index is 14.0. The van der Waals surface area contributed by atoms with Crippen LogP contribution < -0.4 is 4.74 Å². The predicted octanol–water partition coefficient (Wildman–Crippen LogP) is 3.23. The van der Waals surface area contributed by atoms with Gasteiger partial charge < -0.3 is 9.84 Å². The molecule has 0 saturated heterocycles. The number of Topliss-reactive ketones (excluding diaryl/α,β-unsaturated/α-hetero) is 1. The van der Waals surface area contributed by atoms with Gasteiger partial charge in [-0.2, -0.15) is 0 Å². The van der Waals surface area contributed by atoms with E-state index >= 15 is 0 Å². The zero-order valence-corrected chi connectivity index (χ0v) is 12.0. The maximum Gasteiger partial charge on any atom is 0.307 e. The number of carboxylic acid groups (broad SMARTS) is 1. The van der Waals surface area contributed by atoms with E-state index in [9.17, 15) is 14.0 Å². The minimum atomic E-state index is -1.14. The van der Waals surface area contributed by atoms with E-state index in [2.05, 4.69) is 0 Å². The molecule has 0 atom stereocenters. The van der Waals surface area contributed by atoms with Crippen molar-refractivity contribution in [3.8, 4) is 5.75 Å². The summed E-state index contributed by atoms with van der Waals surface area (Å²) in [6.45, 7) is 1.43. The van der Waals surface area contributed by atoms with Crippen LogP contribution in [0.25, 0.3) is 0 Å². The smallest absolute Gasteiger partial charge is 0.307 e. The molecule has 0 aromatic heterocycles. The minimum absolute atomic E-state index is 0.114. The minimum Gasteiger partial charge on any atom is -0.489 e. The van der Waals surface area contributed by atoms with Crippen LogP contribution in [-0.2, 0) is 17.8 Å². The maximum atomic E-state index is 14.0. The van der Waals surface area contributed by atoms with Gasteiger partial charge in [0.05, 0.1) is 12.0 Å². The molecule has 2 aromatic carbocycles. The van der Waals surface area contributed by atoms with Gasteiger partial charge in [0.1, 0.15) is 18.2 Å². The molecular weight excluding hydrogens is 287 g/mol. The topological polar surface area (TPSA) is 63.6 Å². The average molecular weight is 302 g/mol. The second-order valence-corrected chi connectivity index (χ2v) is 4.84. The zero-order chi connectivity index (χ0) is 16.1. The molecule has 4 nitrogen and oxygen atoms in total. The highest BCUT2D eigenvalue weighted by Gasteiger charge is 2.17. The standard InChI is InChI=1S/C17H15FO4/c1-11(19)17-13(8-16(20)21)7-14(9-15(17)18)22-10-12-5-3-2-4-6-12/h2-7,9H,8,10H2,1H3,(H,20,21). The molecule has 0 aliphatic rings. The molecule has 0 aliphatic carbocycles. The van der Waals surface area contributed by atoms with Gasteiger partial charge in [-0.3, -0.25) is 9.59 Å². The van der Waals surface area contributed by atoms with E-state index in [-0.39, 0.29) is 23.5 Å². The van der Waals surface area contributed by atoms with Crippen LogP contribution in [0.2, 0.25) is 0 Å². The van der Waals surface area contributed by atoms with Gasteiger partial charge in [0, 0.05) is 6.07 Å². The van der Waals surface area contributed by atoms with Crippen LogP contribution in [-0.4, -0.2) is 16.9 Å². The van der Waals surface area contributed by atoms with E-state index < -0.39 is 24.0 Å². The summed E-state index contributed by atoms with van der Waals surface area (Å²) >= 11 is 0. The van der Waals surface area contributed by atoms with E-state index in [1.54, 1.807) is 0 Å². The molecule has 22 heavy (non-hydrogen) atoms. The lowest BCUT2D eigenvalue weighted by Crippen LogP contribution is -2.09. The molecule has 0 fully saturated rings. The molecule has 2 rings (SSSR count). The fourth-order valence-corrected chi connectivity index (χ4v) is 2.16. The highest BCUT2D eigenvalue weighted by atomic mass is 19.1. The molecule has 5 heteroatoms. The van der Waals surface area contributed by atoms with Crippen molar-refractivity contribution in [2.45, 2.75) is 20.0 Å². The predicted molar refractivity (Wildman–Crippen MR) is 78.5 cm³/mol. The van der Waals surface area contributed by atoms with Crippen molar-refractivity contribution < 1.29 is 23.8 Å². The Labute approximate surface area is 127 Å². The number of ketones is 1. The Kier molecular flexibility index (Phi) is 4.88. The number of halogens is 1. The number of hydrogen-bond donors (Lipinski definition) is 1. The fourth-order valence-electron chi connectivity index (χ4n) is 2.16. The quantitative estimate of drug-likeness (QED) is 0.832. The van der Waals surface area contributed by atoms with Gasteiger partial charge in [-0.25, -0.2) is 4.39 Å². The summed E-state index contributed by atoms with van der Waals surface area (Å²) in [5.41, 5.74) is 0.816. The number of carbonyl (C=O) groups excluding carboxylic acids is 1. The lowest BCUT2D eigenvalue weighted by atomic mass is 10.0. The van der Waals surface area contributed by atoms with Crippen LogP contribution in [0.3, 0.4) is 0 Å². The number of aliphatic carboxylic acids is 1. The number of ether oxygens (including phenoxy) is 1. The Morgan fingerprint density at radius 1 is 1.18 bits per heavy atom. The van der Waals surface area contributed by atoms with Gasteiger partial charge in [-0.05, 0) is 24.1 Å². The van der Waals surface area contributed by atoms with Crippen LogP contribution in [0.1, 0.15) is 28.4 Å². The molecule has 0 aliphatic heterocycles. The highest BCUT2D eigenvalue weighted by Crippen LogP contribution is 2.24. The van der Waals surface area contributed by atoms with E-state index in [0.717, 1.165) is 11.6 Å². The van der Waals surface area contributed by atoms with Crippen LogP contribution >= 0.6 is 0 Å². The van der Waals surface area contributed by atoms with Crippen molar-refractivity contribution in [2.24, 2.45) is 0 Å². The van der Waals surface area contributed by atoms with Crippen LogP contribution in [0.5, 0.6) is 5.75 Å². The number of benzene rings is 2. The largest absolute Gasteiger partial charge is 0.489 e. The van der Waals surface area contributed by atoms with E-state index in [1.165, 1.54) is 13.0 Å². The second kappa shape index (κ2) is 6.85. The first kappa shape index (κ1) is 15.7. The van der Waals surface area contributed by atoms with Gasteiger partial charge in [0.15, 0.2) is 5.78 Å². The van der Waals surface area contributed by atoms with Gasteiger partial charge >= 0.3 is 5.97 Å². The number of carboxylic acids is 1. The monoisotopic (exact) mass is 302 g/mol. The SMILES string of the molecule is CC(=O)c1c(F)cc(OCc2ccccc2)cc1CC(=O)O. The molecule has 1 N–H and O–H groups in total. The lowest BCUT2D eigenvalue weighted by molar-refractivity contribution is -0.136. The third-order valence-electron chi connectivity index (χ3n) is 3.09. The molecule has 0 amide bonds. The summed E-state index contributed by atoms with van der Waals surface area (Å²) in [5, 5.41) is 8.89. The number of rotatable bonds is 6. The zero-order valence-electron chi connectivity index (χ0n) is 12.0. The van der Waals surface area contributed by atoms with Crippen molar-refractivity contribution in [1.29, 1.82) is 0 Å². The Bertz CT molecular complexity index is 695. The highest BCUT2D eigenvalue weighted by molar-refractivity contribution is 5.97. The van der Waals surface area contributed by atoms with Crippen molar-refractivity contribution in [2.75, 3.05) is 0 Å². The van der Waals surface area contributed by atoms with Gasteiger partial charge in [-0.1, -0.05) is 30.3 Å². The van der Waals surface area contributed by atoms with Crippen molar-refractivity contribution in [1.82, 2.24) is 0 Å². The number of carbonyl (C=O) groups is 2. The molecular formula is C17H15FO4. The first-order chi connectivity index (χ1) is 10.5. The summed E-state index contributed by atoms with van der Waals surface area (Å²) in [6, 6.07) is 11.8. The molecule has 0 heterocycles. The Hall–Kier alpha value is -2.69. The fraction of sp³-hybridized carbons (Fsp3) is 0.176. The lowest BCUT2D eigenvalue weighted by Gasteiger charge is -2.11. The van der Waals surface area contributed by atoms with Gasteiger partial charge in [0.2, 0.25) is 0 Å².